The molecule has 1 aliphatic rings. The highest BCUT2D eigenvalue weighted by atomic mass is 32.2. The van der Waals surface area contributed by atoms with Gasteiger partial charge in [-0.1, -0.05) is 0 Å². The maximum atomic E-state index is 12.9. The third-order valence-electron chi connectivity index (χ3n) is 4.25. The molecule has 0 saturated carbocycles. The monoisotopic (exact) mass is 323 g/mol. The number of aromatic nitrogens is 4. The second-order valence-corrected chi connectivity index (χ2v) is 7.83. The number of nitrogens with one attached hydrogen (secondary N) is 1. The Bertz CT molecular complexity index is 777. The van der Waals surface area contributed by atoms with Gasteiger partial charge in [0.2, 0.25) is 10.0 Å². The van der Waals surface area contributed by atoms with Gasteiger partial charge in [0.1, 0.15) is 4.90 Å². The number of piperidine rings is 1. The molecule has 1 atom stereocenters. The standard InChI is InChI=1S/C14H21N5O2S/c1-10-7-15-16-14(10)12-5-4-6-19(8-12)22(20,21)13-9-18(3)17-11(13)2/h7,9,12H,4-6,8H2,1-3H3,(H,15,16)/t12-/m1/s1. The van der Waals surface area contributed by atoms with Crippen LogP contribution in [-0.4, -0.2) is 45.8 Å². The van der Waals surface area contributed by atoms with Gasteiger partial charge in [0, 0.05) is 37.9 Å². The van der Waals surface area contributed by atoms with Crippen molar-refractivity contribution in [3.63, 3.8) is 0 Å². The van der Waals surface area contributed by atoms with E-state index in [-0.39, 0.29) is 5.92 Å². The minimum Gasteiger partial charge on any atom is -0.282 e. The quantitative estimate of drug-likeness (QED) is 0.923. The highest BCUT2D eigenvalue weighted by Crippen LogP contribution is 2.31. The summed E-state index contributed by atoms with van der Waals surface area (Å²) in [4.78, 5) is 0.303. The van der Waals surface area contributed by atoms with Gasteiger partial charge in [-0.15, -0.1) is 0 Å². The smallest absolute Gasteiger partial charge is 0.246 e. The molecule has 0 amide bonds. The van der Waals surface area contributed by atoms with Crippen molar-refractivity contribution >= 4 is 10.0 Å². The Morgan fingerprint density at radius 2 is 2.14 bits per heavy atom. The molecule has 1 aliphatic heterocycles. The normalized spacial score (nSPS) is 20.4. The first kappa shape index (κ1) is 15.2. The second kappa shape index (κ2) is 5.51. The summed E-state index contributed by atoms with van der Waals surface area (Å²) in [6.45, 7) is 4.77. The maximum absolute atomic E-state index is 12.9. The van der Waals surface area contributed by atoms with Crippen LogP contribution >= 0.6 is 0 Å². The first-order valence-electron chi connectivity index (χ1n) is 7.40. The molecule has 120 valence electrons. The summed E-state index contributed by atoms with van der Waals surface area (Å²) in [5, 5.41) is 11.2. The molecule has 0 aliphatic carbocycles. The second-order valence-electron chi connectivity index (χ2n) is 5.92. The zero-order valence-corrected chi connectivity index (χ0v) is 13.9. The van der Waals surface area contributed by atoms with Crippen LogP contribution < -0.4 is 0 Å². The predicted molar refractivity (Wildman–Crippen MR) is 82.0 cm³/mol. The Labute approximate surface area is 130 Å². The van der Waals surface area contributed by atoms with Crippen LogP contribution in [-0.2, 0) is 17.1 Å². The Morgan fingerprint density at radius 3 is 2.73 bits per heavy atom. The number of hydrogen-bond acceptors (Lipinski definition) is 4. The average Bonchev–Trinajstić information content (AvgIpc) is 3.05. The van der Waals surface area contributed by atoms with Crippen LogP contribution in [0.1, 0.15) is 35.7 Å². The number of hydrogen-bond donors (Lipinski definition) is 1. The predicted octanol–water partition coefficient (Wildman–Crippen LogP) is 1.33. The topological polar surface area (TPSA) is 83.9 Å². The molecule has 0 spiro atoms. The molecule has 3 heterocycles. The van der Waals surface area contributed by atoms with E-state index in [0.29, 0.717) is 23.7 Å². The molecular formula is C14H21N5O2S. The molecule has 0 aromatic carbocycles. The summed E-state index contributed by atoms with van der Waals surface area (Å²) < 4.78 is 28.9. The summed E-state index contributed by atoms with van der Waals surface area (Å²) >= 11 is 0. The summed E-state index contributed by atoms with van der Waals surface area (Å²) in [5.41, 5.74) is 2.67. The van der Waals surface area contributed by atoms with Gasteiger partial charge in [0.15, 0.2) is 0 Å². The van der Waals surface area contributed by atoms with Crippen LogP contribution in [0.25, 0.3) is 0 Å². The van der Waals surface area contributed by atoms with Crippen LogP contribution in [0, 0.1) is 13.8 Å². The van der Waals surface area contributed by atoms with Gasteiger partial charge in [-0.2, -0.15) is 14.5 Å². The molecular weight excluding hydrogens is 302 g/mol. The lowest BCUT2D eigenvalue weighted by Crippen LogP contribution is -2.39. The first-order valence-corrected chi connectivity index (χ1v) is 8.84. The fourth-order valence-electron chi connectivity index (χ4n) is 3.14. The Morgan fingerprint density at radius 1 is 1.36 bits per heavy atom. The van der Waals surface area contributed by atoms with E-state index in [1.807, 2.05) is 6.92 Å². The lowest BCUT2D eigenvalue weighted by atomic mass is 9.94. The Balaban J connectivity index is 1.88. The van der Waals surface area contributed by atoms with Crippen molar-refractivity contribution < 1.29 is 8.42 Å². The molecule has 0 unspecified atom stereocenters. The fourth-order valence-corrected chi connectivity index (χ4v) is 4.86. The Kier molecular flexibility index (Phi) is 3.82. The number of H-pyrrole nitrogens is 1. The summed E-state index contributed by atoms with van der Waals surface area (Å²) in [6, 6.07) is 0. The lowest BCUT2D eigenvalue weighted by molar-refractivity contribution is 0.312. The van der Waals surface area contributed by atoms with Gasteiger partial charge in [-0.25, -0.2) is 8.42 Å². The highest BCUT2D eigenvalue weighted by Gasteiger charge is 2.33. The van der Waals surface area contributed by atoms with E-state index in [4.69, 9.17) is 0 Å². The van der Waals surface area contributed by atoms with E-state index in [9.17, 15) is 8.42 Å². The van der Waals surface area contributed by atoms with E-state index >= 15 is 0 Å². The SMILES string of the molecule is Cc1cn[nH]c1[C@@H]1CCCN(S(=O)(=O)c2cn(C)nc2C)C1. The molecule has 3 rings (SSSR count). The number of nitrogens with zero attached hydrogens (tertiary/aromatic N) is 4. The summed E-state index contributed by atoms with van der Waals surface area (Å²) in [6.07, 6.45) is 5.19. The van der Waals surface area contributed by atoms with Crippen molar-refractivity contribution in [2.75, 3.05) is 13.1 Å². The van der Waals surface area contributed by atoms with Crippen LogP contribution in [0.3, 0.4) is 0 Å². The van der Waals surface area contributed by atoms with Crippen molar-refractivity contribution in [1.82, 2.24) is 24.3 Å². The van der Waals surface area contributed by atoms with Crippen molar-refractivity contribution in [2.45, 2.75) is 37.5 Å². The van der Waals surface area contributed by atoms with Crippen LogP contribution in [0.4, 0.5) is 0 Å². The van der Waals surface area contributed by atoms with Gasteiger partial charge < -0.3 is 0 Å². The summed E-state index contributed by atoms with van der Waals surface area (Å²) in [5.74, 6) is 0.169. The fraction of sp³-hybridized carbons (Fsp3) is 0.571. The molecule has 8 heteroatoms. The molecule has 2 aromatic rings. The van der Waals surface area contributed by atoms with E-state index in [1.165, 1.54) is 0 Å². The number of rotatable bonds is 3. The van der Waals surface area contributed by atoms with Crippen molar-refractivity contribution in [3.05, 3.63) is 29.3 Å². The summed E-state index contributed by atoms with van der Waals surface area (Å²) in [7, 11) is -1.76. The molecule has 0 bridgehead atoms. The van der Waals surface area contributed by atoms with E-state index in [2.05, 4.69) is 15.3 Å². The van der Waals surface area contributed by atoms with Gasteiger partial charge in [0.25, 0.3) is 0 Å². The van der Waals surface area contributed by atoms with Crippen molar-refractivity contribution in [2.24, 2.45) is 7.05 Å². The van der Waals surface area contributed by atoms with Crippen LogP contribution in [0.2, 0.25) is 0 Å². The van der Waals surface area contributed by atoms with Crippen LogP contribution in [0.5, 0.6) is 0 Å². The third-order valence-corrected chi connectivity index (χ3v) is 6.21. The molecule has 2 aromatic heterocycles. The third kappa shape index (κ3) is 2.56. The molecule has 7 nitrogen and oxygen atoms in total. The van der Waals surface area contributed by atoms with E-state index in [1.54, 1.807) is 35.4 Å². The minimum atomic E-state index is -3.49. The average molecular weight is 323 g/mol. The molecule has 1 fully saturated rings. The Hall–Kier alpha value is -1.67. The van der Waals surface area contributed by atoms with Gasteiger partial charge in [0.05, 0.1) is 11.9 Å². The maximum Gasteiger partial charge on any atom is 0.246 e. The zero-order valence-electron chi connectivity index (χ0n) is 13.1. The lowest BCUT2D eigenvalue weighted by Gasteiger charge is -2.31. The van der Waals surface area contributed by atoms with Crippen molar-refractivity contribution in [3.8, 4) is 0 Å². The van der Waals surface area contributed by atoms with Crippen molar-refractivity contribution in [1.29, 1.82) is 0 Å². The van der Waals surface area contributed by atoms with Gasteiger partial charge in [-0.3, -0.25) is 9.78 Å². The number of aromatic amines is 1. The highest BCUT2D eigenvalue weighted by molar-refractivity contribution is 7.89. The number of sulfonamides is 1. The molecule has 1 N–H and O–H groups in total. The number of aryl methyl sites for hydroxylation is 3. The molecule has 0 radical (unpaired) electrons. The van der Waals surface area contributed by atoms with E-state index in [0.717, 1.165) is 24.1 Å². The molecule has 1 saturated heterocycles. The minimum absolute atomic E-state index is 0.169. The largest absolute Gasteiger partial charge is 0.282 e. The van der Waals surface area contributed by atoms with E-state index < -0.39 is 10.0 Å². The molecule has 22 heavy (non-hydrogen) atoms. The van der Waals surface area contributed by atoms with Gasteiger partial charge in [-0.05, 0) is 32.3 Å². The first-order chi connectivity index (χ1) is 10.4. The van der Waals surface area contributed by atoms with Crippen LogP contribution in [0.15, 0.2) is 17.3 Å². The zero-order chi connectivity index (χ0) is 15.9. The van der Waals surface area contributed by atoms with Gasteiger partial charge >= 0.3 is 0 Å².